The number of methoxy groups -OCH3 is 1. The van der Waals surface area contributed by atoms with Gasteiger partial charge in [0.05, 0.1) is 0 Å². The van der Waals surface area contributed by atoms with E-state index in [0.717, 1.165) is 11.6 Å². The van der Waals surface area contributed by atoms with E-state index in [1.165, 1.54) is 30.6 Å². The number of nitrogens with two attached hydrogens (primary N) is 1. The third-order valence-electron chi connectivity index (χ3n) is 3.47. The highest BCUT2D eigenvalue weighted by Gasteiger charge is 2.22. The zero-order valence-corrected chi connectivity index (χ0v) is 12.8. The molecular formula is C13H22N4O2S. The number of aromatic nitrogens is 1. The minimum absolute atomic E-state index is 0.0715. The topological polar surface area (TPSA) is 80.5 Å². The molecule has 1 aromatic rings. The minimum atomic E-state index is -0.0715. The van der Waals surface area contributed by atoms with E-state index in [4.69, 9.17) is 10.5 Å². The lowest BCUT2D eigenvalue weighted by Gasteiger charge is -2.25. The minimum Gasteiger partial charge on any atom is -0.385 e. The van der Waals surface area contributed by atoms with Crippen molar-refractivity contribution in [3.8, 4) is 0 Å². The second kappa shape index (κ2) is 6.90. The van der Waals surface area contributed by atoms with Crippen LogP contribution in [-0.4, -0.2) is 49.1 Å². The summed E-state index contributed by atoms with van der Waals surface area (Å²) in [6, 6.07) is 0.489. The van der Waals surface area contributed by atoms with Crippen LogP contribution in [0.1, 0.15) is 35.4 Å². The SMILES string of the molecule is COCCCN(C)C(=O)c1sc(NC2CCC2)nc1N. The van der Waals surface area contributed by atoms with Crippen LogP contribution in [0, 0.1) is 0 Å². The standard InChI is InChI=1S/C13H22N4O2S/c1-17(7-4-8-19-2)12(18)10-11(14)16-13(20-10)15-9-5-3-6-9/h9H,3-8,14H2,1-2H3,(H,15,16). The molecule has 1 saturated carbocycles. The van der Waals surface area contributed by atoms with Crippen molar-refractivity contribution < 1.29 is 9.53 Å². The van der Waals surface area contributed by atoms with E-state index >= 15 is 0 Å². The first-order valence-electron chi connectivity index (χ1n) is 6.89. The molecule has 112 valence electrons. The van der Waals surface area contributed by atoms with Crippen LogP contribution < -0.4 is 11.1 Å². The normalized spacial score (nSPS) is 14.9. The molecule has 2 rings (SSSR count). The highest BCUT2D eigenvalue weighted by Crippen LogP contribution is 2.30. The van der Waals surface area contributed by atoms with Crippen LogP contribution in [0.15, 0.2) is 0 Å². The van der Waals surface area contributed by atoms with Crippen LogP contribution in [0.25, 0.3) is 0 Å². The average Bonchev–Trinajstić information content (AvgIpc) is 2.74. The highest BCUT2D eigenvalue weighted by atomic mass is 32.1. The molecule has 6 nitrogen and oxygen atoms in total. The Morgan fingerprint density at radius 1 is 1.60 bits per heavy atom. The van der Waals surface area contributed by atoms with E-state index < -0.39 is 0 Å². The number of anilines is 2. The van der Waals surface area contributed by atoms with Crippen LogP contribution in [0.4, 0.5) is 10.9 Å². The van der Waals surface area contributed by atoms with Gasteiger partial charge in [-0.2, -0.15) is 0 Å². The highest BCUT2D eigenvalue weighted by molar-refractivity contribution is 7.18. The van der Waals surface area contributed by atoms with Crippen molar-refractivity contribution in [1.82, 2.24) is 9.88 Å². The second-order valence-electron chi connectivity index (χ2n) is 5.08. The Hall–Kier alpha value is -1.34. The first-order valence-corrected chi connectivity index (χ1v) is 7.70. The Balaban J connectivity index is 1.94. The maximum absolute atomic E-state index is 12.3. The van der Waals surface area contributed by atoms with Crippen molar-refractivity contribution in [2.45, 2.75) is 31.7 Å². The fourth-order valence-electron chi connectivity index (χ4n) is 2.00. The summed E-state index contributed by atoms with van der Waals surface area (Å²) in [6.07, 6.45) is 4.40. The van der Waals surface area contributed by atoms with Gasteiger partial charge in [0.15, 0.2) is 5.13 Å². The Bertz CT molecular complexity index is 459. The summed E-state index contributed by atoms with van der Waals surface area (Å²) in [5.74, 6) is 0.248. The molecule has 1 aromatic heterocycles. The molecule has 1 heterocycles. The Morgan fingerprint density at radius 2 is 2.35 bits per heavy atom. The molecule has 1 aliphatic rings. The summed E-state index contributed by atoms with van der Waals surface area (Å²) in [5.41, 5.74) is 5.86. The molecule has 0 saturated heterocycles. The maximum Gasteiger partial charge on any atom is 0.267 e. The van der Waals surface area contributed by atoms with Gasteiger partial charge in [-0.15, -0.1) is 0 Å². The van der Waals surface area contributed by atoms with Gasteiger partial charge in [-0.25, -0.2) is 4.98 Å². The van der Waals surface area contributed by atoms with Gasteiger partial charge in [0, 0.05) is 33.4 Å². The van der Waals surface area contributed by atoms with Gasteiger partial charge < -0.3 is 20.7 Å². The fraction of sp³-hybridized carbons (Fsp3) is 0.692. The van der Waals surface area contributed by atoms with E-state index in [9.17, 15) is 4.79 Å². The predicted octanol–water partition coefficient (Wildman–Crippen LogP) is 1.80. The number of hydrogen-bond donors (Lipinski definition) is 2. The molecule has 7 heteroatoms. The first kappa shape index (κ1) is 15.1. The van der Waals surface area contributed by atoms with Gasteiger partial charge in [0.25, 0.3) is 5.91 Å². The molecule has 0 bridgehead atoms. The quantitative estimate of drug-likeness (QED) is 0.750. The third kappa shape index (κ3) is 3.61. The molecule has 0 atom stereocenters. The number of nitrogens with zero attached hydrogens (tertiary/aromatic N) is 2. The maximum atomic E-state index is 12.3. The summed E-state index contributed by atoms with van der Waals surface area (Å²) in [5, 5.41) is 4.07. The monoisotopic (exact) mass is 298 g/mol. The van der Waals surface area contributed by atoms with Gasteiger partial charge in [-0.05, 0) is 25.7 Å². The van der Waals surface area contributed by atoms with Crippen molar-refractivity contribution in [2.24, 2.45) is 0 Å². The summed E-state index contributed by atoms with van der Waals surface area (Å²) < 4.78 is 4.99. The number of nitrogen functional groups attached to an aromatic ring is 1. The molecule has 0 radical (unpaired) electrons. The van der Waals surface area contributed by atoms with E-state index in [2.05, 4.69) is 10.3 Å². The van der Waals surface area contributed by atoms with Gasteiger partial charge in [-0.1, -0.05) is 11.3 Å². The molecule has 1 fully saturated rings. The molecule has 1 aliphatic carbocycles. The van der Waals surface area contributed by atoms with E-state index in [1.54, 1.807) is 19.1 Å². The molecule has 0 aliphatic heterocycles. The molecule has 1 amide bonds. The van der Waals surface area contributed by atoms with Gasteiger partial charge in [0.2, 0.25) is 0 Å². The Kier molecular flexibility index (Phi) is 5.19. The van der Waals surface area contributed by atoms with Gasteiger partial charge >= 0.3 is 0 Å². The summed E-state index contributed by atoms with van der Waals surface area (Å²) >= 11 is 1.34. The van der Waals surface area contributed by atoms with Crippen LogP contribution in [-0.2, 0) is 4.74 Å². The number of ether oxygens (including phenoxy) is 1. The van der Waals surface area contributed by atoms with Crippen molar-refractivity contribution in [2.75, 3.05) is 38.4 Å². The lowest BCUT2D eigenvalue weighted by molar-refractivity contribution is 0.0785. The number of carbonyl (C=O) groups excluding carboxylic acids is 1. The van der Waals surface area contributed by atoms with E-state index in [1.807, 2.05) is 0 Å². The van der Waals surface area contributed by atoms with Crippen molar-refractivity contribution >= 4 is 28.2 Å². The third-order valence-corrected chi connectivity index (χ3v) is 4.46. The van der Waals surface area contributed by atoms with Crippen LogP contribution in [0.5, 0.6) is 0 Å². The van der Waals surface area contributed by atoms with Crippen LogP contribution >= 0.6 is 11.3 Å². The van der Waals surface area contributed by atoms with Crippen LogP contribution in [0.3, 0.4) is 0 Å². The first-order chi connectivity index (χ1) is 9.61. The largest absolute Gasteiger partial charge is 0.385 e. The number of hydrogen-bond acceptors (Lipinski definition) is 6. The molecule has 0 aromatic carbocycles. The summed E-state index contributed by atoms with van der Waals surface area (Å²) in [7, 11) is 3.43. The number of amides is 1. The summed E-state index contributed by atoms with van der Waals surface area (Å²) in [6.45, 7) is 1.29. The van der Waals surface area contributed by atoms with Crippen molar-refractivity contribution in [3.05, 3.63) is 4.88 Å². The van der Waals surface area contributed by atoms with Crippen LogP contribution in [0.2, 0.25) is 0 Å². The van der Waals surface area contributed by atoms with Crippen molar-refractivity contribution in [3.63, 3.8) is 0 Å². The van der Waals surface area contributed by atoms with Gasteiger partial charge in [0.1, 0.15) is 10.7 Å². The smallest absolute Gasteiger partial charge is 0.267 e. The predicted molar refractivity (Wildman–Crippen MR) is 81.2 cm³/mol. The van der Waals surface area contributed by atoms with Crippen molar-refractivity contribution in [1.29, 1.82) is 0 Å². The zero-order valence-electron chi connectivity index (χ0n) is 12.0. The zero-order chi connectivity index (χ0) is 14.5. The number of carbonyl (C=O) groups is 1. The molecule has 0 unspecified atom stereocenters. The fourth-order valence-corrected chi connectivity index (χ4v) is 2.95. The number of rotatable bonds is 7. The lowest BCUT2D eigenvalue weighted by atomic mass is 9.93. The Morgan fingerprint density at radius 3 is 2.95 bits per heavy atom. The molecule has 0 spiro atoms. The second-order valence-corrected chi connectivity index (χ2v) is 6.08. The molecular weight excluding hydrogens is 276 g/mol. The van der Waals surface area contributed by atoms with E-state index in [-0.39, 0.29) is 5.91 Å². The average molecular weight is 298 g/mol. The number of thiazole rings is 1. The number of nitrogens with one attached hydrogen (secondary N) is 1. The molecule has 20 heavy (non-hydrogen) atoms. The molecule has 3 N–H and O–H groups in total. The Labute approximate surface area is 123 Å². The van der Waals surface area contributed by atoms with Gasteiger partial charge in [-0.3, -0.25) is 4.79 Å². The summed E-state index contributed by atoms with van der Waals surface area (Å²) in [4.78, 5) is 18.7. The van der Waals surface area contributed by atoms with E-state index in [0.29, 0.717) is 29.9 Å². The lowest BCUT2D eigenvalue weighted by Crippen LogP contribution is -2.28.